The van der Waals surface area contributed by atoms with Gasteiger partial charge in [0.15, 0.2) is 0 Å². The predicted molar refractivity (Wildman–Crippen MR) is 86.6 cm³/mol. The topological polar surface area (TPSA) is 66.8 Å². The van der Waals surface area contributed by atoms with Gasteiger partial charge in [-0.2, -0.15) is 0 Å². The number of carbonyl (C=O) groups is 1. The Hall–Kier alpha value is -2.11. The predicted octanol–water partition coefficient (Wildman–Crippen LogP) is 1.46. The zero-order chi connectivity index (χ0) is 16.1. The summed E-state index contributed by atoms with van der Waals surface area (Å²) in [5.41, 5.74) is 1.80. The number of hydrogen-bond acceptors (Lipinski definition) is 4. The van der Waals surface area contributed by atoms with E-state index < -0.39 is 13.1 Å². The van der Waals surface area contributed by atoms with Crippen molar-refractivity contribution in [1.29, 1.82) is 0 Å². The van der Waals surface area contributed by atoms with Crippen LogP contribution in [0, 0.1) is 11.8 Å². The van der Waals surface area contributed by atoms with Gasteiger partial charge in [-0.15, -0.1) is 0 Å². The van der Waals surface area contributed by atoms with Crippen molar-refractivity contribution in [1.82, 2.24) is 0 Å². The summed E-state index contributed by atoms with van der Waals surface area (Å²) >= 11 is 0. The molecule has 0 heterocycles. The van der Waals surface area contributed by atoms with Gasteiger partial charge >= 0.3 is 13.1 Å². The number of carbonyl (C=O) groups excluding carboxylic acids is 1. The zero-order valence-corrected chi connectivity index (χ0v) is 12.5. The Morgan fingerprint density at radius 2 is 2.05 bits per heavy atom. The van der Waals surface area contributed by atoms with Gasteiger partial charge < -0.3 is 14.8 Å². The Morgan fingerprint density at radius 3 is 2.59 bits per heavy atom. The lowest BCUT2D eigenvalue weighted by molar-refractivity contribution is 0.0446. The molecule has 0 aromatic heterocycles. The molecule has 0 amide bonds. The highest BCUT2D eigenvalue weighted by atomic mass is 16.5. The van der Waals surface area contributed by atoms with Crippen LogP contribution in [0.1, 0.15) is 17.3 Å². The highest BCUT2D eigenvalue weighted by molar-refractivity contribution is 6.58. The summed E-state index contributed by atoms with van der Waals surface area (Å²) in [4.78, 5) is 12.0. The minimum Gasteiger partial charge on any atom is -0.461 e. The smallest absolute Gasteiger partial charge is 0.461 e. The third-order valence-corrected chi connectivity index (χ3v) is 3.75. The molecule has 0 spiro atoms. The van der Waals surface area contributed by atoms with E-state index in [4.69, 9.17) is 14.8 Å². The lowest BCUT2D eigenvalue weighted by Crippen LogP contribution is -2.29. The standard InChI is InChI=1S/C17H19BO4/c1-3-13-4-5-15(12(2)10-13)11-22-17(19)14-6-8-16(9-7-14)18(20)21/h3-10,12,15,20-21H,1,11H2,2H3. The van der Waals surface area contributed by atoms with Crippen LogP contribution in [-0.4, -0.2) is 29.7 Å². The minimum absolute atomic E-state index is 0.145. The molecule has 4 nitrogen and oxygen atoms in total. The van der Waals surface area contributed by atoms with E-state index in [0.29, 0.717) is 17.6 Å². The lowest BCUT2D eigenvalue weighted by atomic mass is 9.80. The van der Waals surface area contributed by atoms with E-state index in [1.165, 1.54) is 24.3 Å². The van der Waals surface area contributed by atoms with Gasteiger partial charge in [-0.3, -0.25) is 0 Å². The first kappa shape index (κ1) is 16.3. The molecular formula is C17H19BO4. The molecule has 1 aromatic carbocycles. The van der Waals surface area contributed by atoms with Gasteiger partial charge in [0.05, 0.1) is 12.2 Å². The Balaban J connectivity index is 1.92. The SMILES string of the molecule is C=CC1=CC(C)C(COC(=O)c2ccc(B(O)O)cc2)C=C1. The molecule has 22 heavy (non-hydrogen) atoms. The summed E-state index contributed by atoms with van der Waals surface area (Å²) in [6.45, 7) is 6.12. The number of allylic oxidation sites excluding steroid dienone is 4. The van der Waals surface area contributed by atoms with Crippen molar-refractivity contribution in [2.45, 2.75) is 6.92 Å². The van der Waals surface area contributed by atoms with Gasteiger partial charge in [-0.25, -0.2) is 4.79 Å². The fraction of sp³-hybridized carbons (Fsp3) is 0.235. The Labute approximate surface area is 130 Å². The molecular weight excluding hydrogens is 279 g/mol. The average Bonchev–Trinajstić information content (AvgIpc) is 2.53. The van der Waals surface area contributed by atoms with Gasteiger partial charge in [0.25, 0.3) is 0 Å². The van der Waals surface area contributed by atoms with E-state index in [1.54, 1.807) is 6.08 Å². The van der Waals surface area contributed by atoms with E-state index in [2.05, 4.69) is 19.6 Å². The second-order valence-electron chi connectivity index (χ2n) is 5.35. The highest BCUT2D eigenvalue weighted by Gasteiger charge is 2.19. The van der Waals surface area contributed by atoms with Gasteiger partial charge in [0.1, 0.15) is 0 Å². The maximum Gasteiger partial charge on any atom is 0.488 e. The second kappa shape index (κ2) is 7.25. The number of rotatable bonds is 5. The average molecular weight is 298 g/mol. The molecule has 0 saturated carbocycles. The van der Waals surface area contributed by atoms with Crippen LogP contribution in [0.25, 0.3) is 0 Å². The van der Waals surface area contributed by atoms with Crippen LogP contribution in [0.3, 0.4) is 0 Å². The molecule has 0 radical (unpaired) electrons. The van der Waals surface area contributed by atoms with Crippen molar-refractivity contribution < 1.29 is 19.6 Å². The van der Waals surface area contributed by atoms with Crippen LogP contribution in [0.4, 0.5) is 0 Å². The highest BCUT2D eigenvalue weighted by Crippen LogP contribution is 2.23. The number of ether oxygens (including phenoxy) is 1. The molecule has 5 heteroatoms. The molecule has 2 atom stereocenters. The fourth-order valence-corrected chi connectivity index (χ4v) is 2.28. The largest absolute Gasteiger partial charge is 0.488 e. The van der Waals surface area contributed by atoms with E-state index in [-0.39, 0.29) is 11.8 Å². The molecule has 1 aromatic rings. The molecule has 0 aliphatic heterocycles. The van der Waals surface area contributed by atoms with Gasteiger partial charge in [-0.05, 0) is 29.1 Å². The molecule has 114 valence electrons. The van der Waals surface area contributed by atoms with Crippen LogP contribution in [0.15, 0.2) is 60.7 Å². The zero-order valence-electron chi connectivity index (χ0n) is 12.5. The lowest BCUT2D eigenvalue weighted by Gasteiger charge is -2.21. The Morgan fingerprint density at radius 1 is 1.36 bits per heavy atom. The molecule has 1 aliphatic rings. The summed E-state index contributed by atoms with van der Waals surface area (Å²) in [6.07, 6.45) is 7.90. The van der Waals surface area contributed by atoms with E-state index >= 15 is 0 Å². The summed E-state index contributed by atoms with van der Waals surface area (Å²) in [5, 5.41) is 18.0. The van der Waals surface area contributed by atoms with Crippen LogP contribution in [0.2, 0.25) is 0 Å². The van der Waals surface area contributed by atoms with Crippen LogP contribution >= 0.6 is 0 Å². The van der Waals surface area contributed by atoms with Crippen LogP contribution in [-0.2, 0) is 4.74 Å². The second-order valence-corrected chi connectivity index (χ2v) is 5.35. The molecule has 1 aliphatic carbocycles. The molecule has 2 N–H and O–H groups in total. The maximum absolute atomic E-state index is 12.0. The summed E-state index contributed by atoms with van der Waals surface area (Å²) in [7, 11) is -1.54. The monoisotopic (exact) mass is 298 g/mol. The van der Waals surface area contributed by atoms with Crippen molar-refractivity contribution in [3.05, 3.63) is 66.3 Å². The van der Waals surface area contributed by atoms with Crippen molar-refractivity contribution in [3.8, 4) is 0 Å². The van der Waals surface area contributed by atoms with Crippen LogP contribution in [0.5, 0.6) is 0 Å². The number of benzene rings is 1. The fourth-order valence-electron chi connectivity index (χ4n) is 2.28. The number of hydrogen-bond donors (Lipinski definition) is 2. The minimum atomic E-state index is -1.54. The van der Waals surface area contributed by atoms with E-state index in [1.807, 2.05) is 12.2 Å². The first-order valence-corrected chi connectivity index (χ1v) is 7.17. The third-order valence-electron chi connectivity index (χ3n) is 3.75. The Kier molecular flexibility index (Phi) is 5.36. The Bertz CT molecular complexity index is 602. The third kappa shape index (κ3) is 3.96. The van der Waals surface area contributed by atoms with Crippen molar-refractivity contribution in [2.75, 3.05) is 6.61 Å². The molecule has 0 fully saturated rings. The van der Waals surface area contributed by atoms with Crippen molar-refractivity contribution >= 4 is 18.6 Å². The summed E-state index contributed by atoms with van der Waals surface area (Å²) in [6, 6.07) is 6.02. The normalized spacial score (nSPS) is 20.2. The van der Waals surface area contributed by atoms with Crippen molar-refractivity contribution in [2.24, 2.45) is 11.8 Å². The molecule has 0 saturated heterocycles. The quantitative estimate of drug-likeness (QED) is 0.638. The maximum atomic E-state index is 12.0. The van der Waals surface area contributed by atoms with Crippen LogP contribution < -0.4 is 5.46 Å². The van der Waals surface area contributed by atoms with Crippen molar-refractivity contribution in [3.63, 3.8) is 0 Å². The first-order valence-electron chi connectivity index (χ1n) is 7.17. The van der Waals surface area contributed by atoms with Gasteiger partial charge in [-0.1, -0.05) is 49.9 Å². The number of esters is 1. The van der Waals surface area contributed by atoms with E-state index in [9.17, 15) is 4.79 Å². The summed E-state index contributed by atoms with van der Waals surface area (Å²) < 4.78 is 5.34. The molecule has 0 bridgehead atoms. The molecule has 2 unspecified atom stereocenters. The van der Waals surface area contributed by atoms with Gasteiger partial charge in [0, 0.05) is 5.92 Å². The van der Waals surface area contributed by atoms with Gasteiger partial charge in [0.2, 0.25) is 0 Å². The van der Waals surface area contributed by atoms with E-state index in [0.717, 1.165) is 5.57 Å². The molecule has 2 rings (SSSR count). The summed E-state index contributed by atoms with van der Waals surface area (Å²) in [5.74, 6) is 0.00183. The first-order chi connectivity index (χ1) is 10.5.